The molecule has 0 amide bonds. The van der Waals surface area contributed by atoms with Crippen LogP contribution in [0.4, 0.5) is 4.39 Å². The molecule has 108 valence electrons. The van der Waals surface area contributed by atoms with Crippen molar-refractivity contribution in [2.24, 2.45) is 5.73 Å². The molecule has 0 aliphatic rings. The molecule has 0 aromatic heterocycles. The van der Waals surface area contributed by atoms with Gasteiger partial charge < -0.3 is 10.5 Å². The fourth-order valence-corrected chi connectivity index (χ4v) is 1.95. The lowest BCUT2D eigenvalue weighted by Crippen LogP contribution is -2.04. The summed E-state index contributed by atoms with van der Waals surface area (Å²) in [5.74, 6) is 0.423. The molecule has 20 heavy (non-hydrogen) atoms. The largest absolute Gasteiger partial charge is 0.494 e. The Morgan fingerprint density at radius 2 is 1.80 bits per heavy atom. The smallest absolute Gasteiger partial charge is 0.131 e. The second kappa shape index (κ2) is 7.27. The van der Waals surface area contributed by atoms with E-state index in [0.717, 1.165) is 11.1 Å². The quantitative estimate of drug-likeness (QED) is 0.911. The van der Waals surface area contributed by atoms with Gasteiger partial charge in [-0.3, -0.25) is 0 Å². The molecule has 2 N–H and O–H groups in total. The Bertz CT molecular complexity index is 555. The number of hydrogen-bond acceptors (Lipinski definition) is 2. The Morgan fingerprint density at radius 1 is 1.15 bits per heavy atom. The zero-order valence-corrected chi connectivity index (χ0v) is 12.4. The standard InChI is InChI=1S/C16H18FNO.ClH/c1-3-19-14-8-9-16(17)15(10-14)13-6-4-12(5-7-13)11(2)18;/h4-11H,3,18H2,1-2H3;1H. The fraction of sp³-hybridized carbons (Fsp3) is 0.250. The van der Waals surface area contributed by atoms with Crippen molar-refractivity contribution >= 4 is 12.4 Å². The Kier molecular flexibility index (Phi) is 5.99. The summed E-state index contributed by atoms with van der Waals surface area (Å²) in [6.45, 7) is 4.39. The van der Waals surface area contributed by atoms with Crippen LogP contribution in [0.2, 0.25) is 0 Å². The van der Waals surface area contributed by atoms with Gasteiger partial charge in [0.15, 0.2) is 0 Å². The highest BCUT2D eigenvalue weighted by Crippen LogP contribution is 2.28. The Hall–Kier alpha value is -1.58. The summed E-state index contributed by atoms with van der Waals surface area (Å²) in [5, 5.41) is 0. The third-order valence-corrected chi connectivity index (χ3v) is 3.00. The van der Waals surface area contributed by atoms with Gasteiger partial charge in [-0.15, -0.1) is 12.4 Å². The molecule has 0 bridgehead atoms. The zero-order chi connectivity index (χ0) is 13.8. The molecule has 4 heteroatoms. The third-order valence-electron chi connectivity index (χ3n) is 3.00. The van der Waals surface area contributed by atoms with Crippen molar-refractivity contribution in [1.29, 1.82) is 0 Å². The number of rotatable bonds is 4. The predicted molar refractivity (Wildman–Crippen MR) is 82.9 cm³/mol. The maximum Gasteiger partial charge on any atom is 0.131 e. The van der Waals surface area contributed by atoms with Crippen LogP contribution in [0.3, 0.4) is 0 Å². The number of halogens is 2. The molecule has 0 fully saturated rings. The third kappa shape index (κ3) is 3.71. The van der Waals surface area contributed by atoms with Crippen LogP contribution in [0.25, 0.3) is 11.1 Å². The van der Waals surface area contributed by atoms with Crippen LogP contribution < -0.4 is 10.5 Å². The molecule has 1 atom stereocenters. The van der Waals surface area contributed by atoms with Crippen LogP contribution in [0.15, 0.2) is 42.5 Å². The first kappa shape index (κ1) is 16.5. The number of ether oxygens (including phenoxy) is 1. The Morgan fingerprint density at radius 3 is 2.35 bits per heavy atom. The van der Waals surface area contributed by atoms with E-state index in [9.17, 15) is 4.39 Å². The lowest BCUT2D eigenvalue weighted by molar-refractivity contribution is 0.340. The van der Waals surface area contributed by atoms with E-state index in [2.05, 4.69) is 0 Å². The van der Waals surface area contributed by atoms with Gasteiger partial charge in [0.2, 0.25) is 0 Å². The molecule has 1 unspecified atom stereocenters. The SMILES string of the molecule is CCOc1ccc(F)c(-c2ccc(C(C)N)cc2)c1.Cl. The minimum atomic E-state index is -0.253. The van der Waals surface area contributed by atoms with E-state index in [1.54, 1.807) is 12.1 Å². The Labute approximate surface area is 125 Å². The zero-order valence-electron chi connectivity index (χ0n) is 11.6. The molecule has 0 aliphatic heterocycles. The van der Waals surface area contributed by atoms with Crippen molar-refractivity contribution in [2.45, 2.75) is 19.9 Å². The maximum absolute atomic E-state index is 13.9. The first-order valence-electron chi connectivity index (χ1n) is 6.40. The van der Waals surface area contributed by atoms with Gasteiger partial charge in [-0.2, -0.15) is 0 Å². The minimum absolute atomic E-state index is 0. The molecule has 0 saturated carbocycles. The molecule has 0 saturated heterocycles. The highest BCUT2D eigenvalue weighted by atomic mass is 35.5. The molecule has 2 aromatic rings. The molecular formula is C16H19ClFNO. The second-order valence-corrected chi connectivity index (χ2v) is 4.49. The van der Waals surface area contributed by atoms with Crippen molar-refractivity contribution in [1.82, 2.24) is 0 Å². The van der Waals surface area contributed by atoms with E-state index >= 15 is 0 Å². The minimum Gasteiger partial charge on any atom is -0.494 e. The Balaban J connectivity index is 0.00000200. The monoisotopic (exact) mass is 295 g/mol. The van der Waals surface area contributed by atoms with Gasteiger partial charge in [0, 0.05) is 11.6 Å². The first-order valence-corrected chi connectivity index (χ1v) is 6.40. The molecule has 2 nitrogen and oxygen atoms in total. The highest BCUT2D eigenvalue weighted by Gasteiger charge is 2.08. The van der Waals surface area contributed by atoms with E-state index in [0.29, 0.717) is 17.9 Å². The van der Waals surface area contributed by atoms with E-state index < -0.39 is 0 Å². The average molecular weight is 296 g/mol. The summed E-state index contributed by atoms with van der Waals surface area (Å²) in [7, 11) is 0. The van der Waals surface area contributed by atoms with Gasteiger partial charge >= 0.3 is 0 Å². The van der Waals surface area contributed by atoms with Crippen molar-refractivity contribution in [2.75, 3.05) is 6.61 Å². The van der Waals surface area contributed by atoms with Gasteiger partial charge in [-0.1, -0.05) is 24.3 Å². The van der Waals surface area contributed by atoms with Crippen LogP contribution >= 0.6 is 12.4 Å². The van der Waals surface area contributed by atoms with Gasteiger partial charge in [0.25, 0.3) is 0 Å². The molecule has 2 rings (SSSR count). The van der Waals surface area contributed by atoms with Crippen LogP contribution in [0.1, 0.15) is 25.5 Å². The van der Waals surface area contributed by atoms with Crippen LogP contribution in [0, 0.1) is 5.82 Å². The predicted octanol–water partition coefficient (Wildman–Crippen LogP) is 4.33. The molecular weight excluding hydrogens is 277 g/mol. The van der Waals surface area contributed by atoms with Crippen molar-refractivity contribution in [3.8, 4) is 16.9 Å². The lowest BCUT2D eigenvalue weighted by Gasteiger charge is -2.10. The first-order chi connectivity index (χ1) is 9.11. The van der Waals surface area contributed by atoms with Gasteiger partial charge in [0.05, 0.1) is 6.61 Å². The summed E-state index contributed by atoms with van der Waals surface area (Å²) in [6.07, 6.45) is 0. The van der Waals surface area contributed by atoms with E-state index in [1.807, 2.05) is 38.1 Å². The summed E-state index contributed by atoms with van der Waals surface area (Å²) < 4.78 is 19.3. The normalized spacial score (nSPS) is 11.6. The second-order valence-electron chi connectivity index (χ2n) is 4.49. The van der Waals surface area contributed by atoms with Crippen LogP contribution in [0.5, 0.6) is 5.75 Å². The molecule has 0 heterocycles. The van der Waals surface area contributed by atoms with E-state index in [-0.39, 0.29) is 24.3 Å². The fourth-order valence-electron chi connectivity index (χ4n) is 1.95. The van der Waals surface area contributed by atoms with E-state index in [1.165, 1.54) is 6.07 Å². The number of hydrogen-bond donors (Lipinski definition) is 1. The lowest BCUT2D eigenvalue weighted by atomic mass is 10.0. The van der Waals surface area contributed by atoms with E-state index in [4.69, 9.17) is 10.5 Å². The van der Waals surface area contributed by atoms with Crippen LogP contribution in [-0.2, 0) is 0 Å². The molecule has 2 aromatic carbocycles. The summed E-state index contributed by atoms with van der Waals surface area (Å²) >= 11 is 0. The van der Waals surface area contributed by atoms with Crippen molar-refractivity contribution < 1.29 is 9.13 Å². The number of benzene rings is 2. The van der Waals surface area contributed by atoms with Gasteiger partial charge in [-0.25, -0.2) is 4.39 Å². The van der Waals surface area contributed by atoms with Crippen molar-refractivity contribution in [3.63, 3.8) is 0 Å². The summed E-state index contributed by atoms with van der Waals surface area (Å²) in [5.41, 5.74) is 8.20. The molecule has 0 spiro atoms. The summed E-state index contributed by atoms with van der Waals surface area (Å²) in [4.78, 5) is 0. The van der Waals surface area contributed by atoms with Crippen molar-refractivity contribution in [3.05, 3.63) is 53.8 Å². The van der Waals surface area contributed by atoms with Crippen LogP contribution in [-0.4, -0.2) is 6.61 Å². The van der Waals surface area contributed by atoms with Gasteiger partial charge in [0.1, 0.15) is 11.6 Å². The van der Waals surface area contributed by atoms with Gasteiger partial charge in [-0.05, 0) is 43.2 Å². The topological polar surface area (TPSA) is 35.2 Å². The number of nitrogens with two attached hydrogens (primary N) is 1. The maximum atomic E-state index is 13.9. The molecule has 0 aliphatic carbocycles. The molecule has 0 radical (unpaired) electrons. The average Bonchev–Trinajstić information content (AvgIpc) is 2.41. The highest BCUT2D eigenvalue weighted by molar-refractivity contribution is 5.85. The summed E-state index contributed by atoms with van der Waals surface area (Å²) in [6, 6.07) is 12.4.